The van der Waals surface area contributed by atoms with Gasteiger partial charge in [0.2, 0.25) is 0 Å². The highest BCUT2D eigenvalue weighted by molar-refractivity contribution is 6.84. The number of hydrogen-bond acceptors (Lipinski definition) is 3. The van der Waals surface area contributed by atoms with E-state index in [4.69, 9.17) is 9.57 Å². The third-order valence-corrected chi connectivity index (χ3v) is 5.55. The Morgan fingerprint density at radius 3 is 2.35 bits per heavy atom. The van der Waals surface area contributed by atoms with E-state index in [-0.39, 0.29) is 11.2 Å². The van der Waals surface area contributed by atoms with Gasteiger partial charge in [0.15, 0.2) is 0 Å². The molecule has 2 heterocycles. The van der Waals surface area contributed by atoms with Crippen molar-refractivity contribution in [3.63, 3.8) is 0 Å². The van der Waals surface area contributed by atoms with Crippen molar-refractivity contribution in [2.45, 2.75) is 75.8 Å². The molecule has 20 heavy (non-hydrogen) atoms. The molecule has 0 N–H and O–H groups in total. The second kappa shape index (κ2) is 4.89. The molecule has 1 aliphatic carbocycles. The minimum atomic E-state index is -1.33. The van der Waals surface area contributed by atoms with E-state index in [0.29, 0.717) is 0 Å². The predicted molar refractivity (Wildman–Crippen MR) is 83.4 cm³/mol. The Morgan fingerprint density at radius 1 is 1.05 bits per heavy atom. The van der Waals surface area contributed by atoms with Crippen LogP contribution in [0, 0.1) is 11.5 Å². The summed E-state index contributed by atoms with van der Waals surface area (Å²) in [5, 5.41) is 4.26. The summed E-state index contributed by atoms with van der Waals surface area (Å²) in [6, 6.07) is 0. The summed E-state index contributed by atoms with van der Waals surface area (Å²) in [4.78, 5) is 5.81. The lowest BCUT2D eigenvalue weighted by atomic mass is 9.73. The van der Waals surface area contributed by atoms with Crippen LogP contribution < -0.4 is 0 Å². The summed E-state index contributed by atoms with van der Waals surface area (Å²) >= 11 is 0. The Balaban J connectivity index is 1.60. The smallest absolute Gasteiger partial charge is 0.144 e. The summed E-state index contributed by atoms with van der Waals surface area (Å²) in [5.41, 5.74) is 4.44. The van der Waals surface area contributed by atoms with Crippen molar-refractivity contribution in [1.29, 1.82) is 0 Å². The first-order chi connectivity index (χ1) is 9.41. The van der Waals surface area contributed by atoms with E-state index in [9.17, 15) is 0 Å². The molecule has 0 atom stereocenters. The van der Waals surface area contributed by atoms with Crippen molar-refractivity contribution in [2.75, 3.05) is 6.61 Å². The van der Waals surface area contributed by atoms with E-state index in [1.54, 1.807) is 0 Å². The van der Waals surface area contributed by atoms with Gasteiger partial charge in [0, 0.05) is 13.0 Å². The van der Waals surface area contributed by atoms with E-state index >= 15 is 0 Å². The van der Waals surface area contributed by atoms with Crippen molar-refractivity contribution < 1.29 is 9.57 Å². The summed E-state index contributed by atoms with van der Waals surface area (Å²) in [7, 11) is -1.33. The van der Waals surface area contributed by atoms with E-state index in [2.05, 4.69) is 36.3 Å². The maximum Gasteiger partial charge on any atom is 0.144 e. The van der Waals surface area contributed by atoms with Crippen molar-refractivity contribution >= 4 is 13.8 Å². The van der Waals surface area contributed by atoms with Crippen LogP contribution in [0.15, 0.2) is 5.16 Å². The molecule has 1 saturated heterocycles. The molecule has 0 amide bonds. The van der Waals surface area contributed by atoms with Gasteiger partial charge in [-0.3, -0.25) is 0 Å². The molecule has 0 aromatic heterocycles. The first kappa shape index (κ1) is 14.2. The highest BCUT2D eigenvalue weighted by Crippen LogP contribution is 2.47. The molecule has 0 aromatic rings. The van der Waals surface area contributed by atoms with Gasteiger partial charge in [0.1, 0.15) is 19.4 Å². The highest BCUT2D eigenvalue weighted by Gasteiger charge is 2.48. The molecule has 0 aromatic carbocycles. The molecule has 0 bridgehead atoms. The minimum Gasteiger partial charge on any atom is -0.388 e. The van der Waals surface area contributed by atoms with Gasteiger partial charge < -0.3 is 9.57 Å². The van der Waals surface area contributed by atoms with Gasteiger partial charge in [0.05, 0.1) is 5.60 Å². The van der Waals surface area contributed by atoms with Crippen LogP contribution >= 0.6 is 0 Å². The van der Waals surface area contributed by atoms with E-state index in [0.717, 1.165) is 44.4 Å². The SMILES string of the molecule is C[Si](C)(C)C#CC1=NOC2(CCC3(CCCO3)CC2)C1. The van der Waals surface area contributed by atoms with Gasteiger partial charge in [-0.15, -0.1) is 5.54 Å². The lowest BCUT2D eigenvalue weighted by molar-refractivity contribution is -0.109. The van der Waals surface area contributed by atoms with E-state index < -0.39 is 8.07 Å². The van der Waals surface area contributed by atoms with Gasteiger partial charge in [-0.2, -0.15) is 0 Å². The van der Waals surface area contributed by atoms with Crippen molar-refractivity contribution in [1.82, 2.24) is 0 Å². The van der Waals surface area contributed by atoms with Crippen LogP contribution in [0.3, 0.4) is 0 Å². The molecule has 3 aliphatic rings. The standard InChI is InChI=1S/C16H25NO2Si/c1-20(2,3)12-5-14-13-16(19-17-14)9-7-15(8-10-16)6-4-11-18-15/h4,6-11,13H2,1-3H3. The molecule has 0 radical (unpaired) electrons. The van der Waals surface area contributed by atoms with Gasteiger partial charge in [-0.05, 0) is 38.5 Å². The molecular weight excluding hydrogens is 266 g/mol. The molecule has 2 fully saturated rings. The average Bonchev–Trinajstić information content (AvgIpc) is 2.99. The molecule has 0 unspecified atom stereocenters. The zero-order valence-corrected chi connectivity index (χ0v) is 13.9. The van der Waals surface area contributed by atoms with Gasteiger partial charge in [-0.1, -0.05) is 30.7 Å². The number of ether oxygens (including phenoxy) is 1. The minimum absolute atomic E-state index is 0.0688. The average molecular weight is 291 g/mol. The lowest BCUT2D eigenvalue weighted by Crippen LogP contribution is -2.42. The number of nitrogens with zero attached hydrogens (tertiary/aromatic N) is 1. The zero-order valence-electron chi connectivity index (χ0n) is 12.9. The van der Waals surface area contributed by atoms with Gasteiger partial charge in [-0.25, -0.2) is 0 Å². The topological polar surface area (TPSA) is 30.8 Å². The summed E-state index contributed by atoms with van der Waals surface area (Å²) in [5.74, 6) is 3.26. The highest BCUT2D eigenvalue weighted by atomic mass is 28.3. The number of oxime groups is 1. The Morgan fingerprint density at radius 2 is 1.75 bits per heavy atom. The molecule has 110 valence electrons. The Bertz CT molecular complexity index is 465. The summed E-state index contributed by atoms with van der Waals surface area (Å²) in [6.45, 7) is 7.72. The van der Waals surface area contributed by atoms with Gasteiger partial charge >= 0.3 is 0 Å². The van der Waals surface area contributed by atoms with Crippen molar-refractivity contribution in [2.24, 2.45) is 5.16 Å². The monoisotopic (exact) mass is 291 g/mol. The normalized spacial score (nSPS) is 36.6. The number of rotatable bonds is 0. The van der Waals surface area contributed by atoms with Crippen LogP contribution in [-0.2, 0) is 9.57 Å². The fraction of sp³-hybridized carbons (Fsp3) is 0.812. The molecule has 3 rings (SSSR count). The molecule has 2 spiro atoms. The Kier molecular flexibility index (Phi) is 3.46. The van der Waals surface area contributed by atoms with Crippen molar-refractivity contribution in [3.05, 3.63) is 0 Å². The van der Waals surface area contributed by atoms with Crippen LogP contribution in [0.1, 0.15) is 44.9 Å². The maximum atomic E-state index is 5.99. The van der Waals surface area contributed by atoms with Crippen molar-refractivity contribution in [3.8, 4) is 11.5 Å². The summed E-state index contributed by atoms with van der Waals surface area (Å²) in [6.07, 6.45) is 7.72. The second-order valence-corrected chi connectivity index (χ2v) is 12.4. The maximum absolute atomic E-state index is 5.99. The molecule has 4 heteroatoms. The molecule has 3 nitrogen and oxygen atoms in total. The third kappa shape index (κ3) is 2.94. The summed E-state index contributed by atoms with van der Waals surface area (Å²) < 4.78 is 5.99. The largest absolute Gasteiger partial charge is 0.388 e. The predicted octanol–water partition coefficient (Wildman–Crippen LogP) is 3.51. The Hall–Kier alpha value is -0.793. The van der Waals surface area contributed by atoms with Crippen LogP contribution in [0.5, 0.6) is 0 Å². The molecule has 1 saturated carbocycles. The van der Waals surface area contributed by atoms with Crippen LogP contribution in [0.25, 0.3) is 0 Å². The third-order valence-electron chi connectivity index (χ3n) is 4.68. The fourth-order valence-electron chi connectivity index (χ4n) is 3.43. The van der Waals surface area contributed by atoms with Gasteiger partial charge in [0.25, 0.3) is 0 Å². The van der Waals surface area contributed by atoms with Crippen LogP contribution in [-0.4, -0.2) is 31.6 Å². The zero-order chi connectivity index (χ0) is 14.3. The lowest BCUT2D eigenvalue weighted by Gasteiger charge is -2.40. The molecular formula is C16H25NO2Si. The second-order valence-electron chi connectivity index (χ2n) is 7.62. The number of hydrogen-bond donors (Lipinski definition) is 0. The fourth-order valence-corrected chi connectivity index (χ4v) is 3.95. The molecule has 2 aliphatic heterocycles. The first-order valence-electron chi connectivity index (χ1n) is 7.83. The van der Waals surface area contributed by atoms with Crippen LogP contribution in [0.2, 0.25) is 19.6 Å². The van der Waals surface area contributed by atoms with E-state index in [1.807, 2.05) is 0 Å². The van der Waals surface area contributed by atoms with Crippen LogP contribution in [0.4, 0.5) is 0 Å². The Labute approximate surface area is 123 Å². The quantitative estimate of drug-likeness (QED) is 0.505. The van der Waals surface area contributed by atoms with E-state index in [1.165, 1.54) is 12.8 Å². The first-order valence-corrected chi connectivity index (χ1v) is 11.3.